The van der Waals surface area contributed by atoms with Crippen molar-refractivity contribution in [3.8, 4) is 0 Å². The molecule has 136 valence electrons. The standard InChI is InChI=1S/C21H16ClFN2O2/c1-13-18(22)6-3-7-19(13)25-21(27)15-10-8-14(9-11-15)20(26)24-17-5-2-4-16(23)12-17/h2-12H,1H3,(H,24,26)(H,25,27). The van der Waals surface area contributed by atoms with Crippen LogP contribution in [0.25, 0.3) is 0 Å². The van der Waals surface area contributed by atoms with Crippen LogP contribution in [0, 0.1) is 12.7 Å². The number of nitrogens with one attached hydrogen (secondary N) is 2. The minimum Gasteiger partial charge on any atom is -0.322 e. The highest BCUT2D eigenvalue weighted by Crippen LogP contribution is 2.23. The Labute approximate surface area is 161 Å². The second-order valence-corrected chi connectivity index (χ2v) is 6.32. The molecule has 0 aliphatic carbocycles. The van der Waals surface area contributed by atoms with Crippen LogP contribution in [0.3, 0.4) is 0 Å². The summed E-state index contributed by atoms with van der Waals surface area (Å²) in [6.07, 6.45) is 0. The molecule has 0 spiro atoms. The number of benzene rings is 3. The summed E-state index contributed by atoms with van der Waals surface area (Å²) in [6, 6.07) is 17.1. The molecular weight excluding hydrogens is 367 g/mol. The molecule has 0 saturated heterocycles. The molecule has 0 aliphatic heterocycles. The van der Waals surface area contributed by atoms with Crippen LogP contribution < -0.4 is 10.6 Å². The highest BCUT2D eigenvalue weighted by atomic mass is 35.5. The summed E-state index contributed by atoms with van der Waals surface area (Å²) in [5.41, 5.74) is 2.52. The SMILES string of the molecule is Cc1c(Cl)cccc1NC(=O)c1ccc(C(=O)Nc2cccc(F)c2)cc1. The highest BCUT2D eigenvalue weighted by molar-refractivity contribution is 6.31. The van der Waals surface area contributed by atoms with Gasteiger partial charge in [-0.2, -0.15) is 0 Å². The third-order valence-electron chi connectivity index (χ3n) is 4.01. The Bertz CT molecular complexity index is 1000. The molecule has 0 atom stereocenters. The van der Waals surface area contributed by atoms with Gasteiger partial charge < -0.3 is 10.6 Å². The molecule has 27 heavy (non-hydrogen) atoms. The summed E-state index contributed by atoms with van der Waals surface area (Å²) >= 11 is 6.06. The Kier molecular flexibility index (Phi) is 5.52. The van der Waals surface area contributed by atoms with Crippen molar-refractivity contribution in [3.63, 3.8) is 0 Å². The van der Waals surface area contributed by atoms with Crippen molar-refractivity contribution in [1.29, 1.82) is 0 Å². The Morgan fingerprint density at radius 2 is 1.44 bits per heavy atom. The van der Waals surface area contributed by atoms with Gasteiger partial charge in [0.2, 0.25) is 0 Å². The molecule has 0 unspecified atom stereocenters. The van der Waals surface area contributed by atoms with E-state index in [1.807, 2.05) is 6.92 Å². The number of amides is 2. The molecule has 0 aromatic heterocycles. The minimum atomic E-state index is -0.434. The number of anilines is 2. The van der Waals surface area contributed by atoms with Gasteiger partial charge in [0.1, 0.15) is 5.82 Å². The van der Waals surface area contributed by atoms with Crippen LogP contribution in [0.4, 0.5) is 15.8 Å². The lowest BCUT2D eigenvalue weighted by atomic mass is 10.1. The van der Waals surface area contributed by atoms with Gasteiger partial charge in [0.15, 0.2) is 0 Å². The zero-order chi connectivity index (χ0) is 19.4. The second-order valence-electron chi connectivity index (χ2n) is 5.91. The molecule has 0 bridgehead atoms. The predicted molar refractivity (Wildman–Crippen MR) is 105 cm³/mol. The molecule has 3 rings (SSSR count). The van der Waals surface area contributed by atoms with E-state index in [1.54, 1.807) is 36.4 Å². The number of carbonyl (C=O) groups excluding carboxylic acids is 2. The topological polar surface area (TPSA) is 58.2 Å². The maximum atomic E-state index is 13.2. The van der Waals surface area contributed by atoms with Crippen molar-refractivity contribution in [2.75, 3.05) is 10.6 Å². The van der Waals surface area contributed by atoms with E-state index in [1.165, 1.54) is 30.3 Å². The smallest absolute Gasteiger partial charge is 0.255 e. The molecule has 6 heteroatoms. The lowest BCUT2D eigenvalue weighted by Crippen LogP contribution is -2.15. The van der Waals surface area contributed by atoms with E-state index >= 15 is 0 Å². The van der Waals surface area contributed by atoms with Gasteiger partial charge in [-0.25, -0.2) is 4.39 Å². The zero-order valence-corrected chi connectivity index (χ0v) is 15.2. The highest BCUT2D eigenvalue weighted by Gasteiger charge is 2.11. The van der Waals surface area contributed by atoms with E-state index in [4.69, 9.17) is 11.6 Å². The predicted octanol–water partition coefficient (Wildman–Crippen LogP) is 5.29. The average Bonchev–Trinajstić information content (AvgIpc) is 2.65. The molecule has 2 N–H and O–H groups in total. The fraction of sp³-hybridized carbons (Fsp3) is 0.0476. The van der Waals surface area contributed by atoms with Gasteiger partial charge in [0, 0.05) is 27.5 Å². The fourth-order valence-corrected chi connectivity index (χ4v) is 2.65. The first-order valence-electron chi connectivity index (χ1n) is 8.17. The lowest BCUT2D eigenvalue weighted by molar-refractivity contribution is 0.101. The van der Waals surface area contributed by atoms with Gasteiger partial charge in [-0.05, 0) is 67.1 Å². The molecule has 0 saturated carbocycles. The number of hydrogen-bond donors (Lipinski definition) is 2. The van der Waals surface area contributed by atoms with E-state index < -0.39 is 11.7 Å². The molecule has 3 aromatic rings. The van der Waals surface area contributed by atoms with Gasteiger partial charge in [0.25, 0.3) is 11.8 Å². The quantitative estimate of drug-likeness (QED) is 0.644. The van der Waals surface area contributed by atoms with E-state index in [9.17, 15) is 14.0 Å². The molecule has 0 radical (unpaired) electrons. The largest absolute Gasteiger partial charge is 0.322 e. The van der Waals surface area contributed by atoms with E-state index in [0.717, 1.165) is 5.56 Å². The summed E-state index contributed by atoms with van der Waals surface area (Å²) in [7, 11) is 0. The summed E-state index contributed by atoms with van der Waals surface area (Å²) < 4.78 is 13.2. The third kappa shape index (κ3) is 4.51. The number of rotatable bonds is 4. The summed E-state index contributed by atoms with van der Waals surface area (Å²) in [5, 5.41) is 5.97. The van der Waals surface area contributed by atoms with E-state index in [-0.39, 0.29) is 5.91 Å². The van der Waals surface area contributed by atoms with Crippen molar-refractivity contribution < 1.29 is 14.0 Å². The molecular formula is C21H16ClFN2O2. The average molecular weight is 383 g/mol. The number of halogens is 2. The monoisotopic (exact) mass is 382 g/mol. The maximum Gasteiger partial charge on any atom is 0.255 e. The molecule has 0 fully saturated rings. The van der Waals surface area contributed by atoms with Crippen LogP contribution in [0.2, 0.25) is 5.02 Å². The molecule has 0 heterocycles. The Morgan fingerprint density at radius 3 is 2.07 bits per heavy atom. The Morgan fingerprint density at radius 1 is 0.852 bits per heavy atom. The zero-order valence-electron chi connectivity index (χ0n) is 14.4. The normalized spacial score (nSPS) is 10.3. The fourth-order valence-electron chi connectivity index (χ4n) is 2.48. The minimum absolute atomic E-state index is 0.308. The van der Waals surface area contributed by atoms with E-state index in [2.05, 4.69) is 10.6 Å². The Balaban J connectivity index is 1.70. The van der Waals surface area contributed by atoms with Gasteiger partial charge >= 0.3 is 0 Å². The van der Waals surface area contributed by atoms with Crippen LogP contribution in [0.15, 0.2) is 66.7 Å². The third-order valence-corrected chi connectivity index (χ3v) is 4.42. The Hall–Kier alpha value is -3.18. The van der Waals surface area contributed by atoms with Crippen LogP contribution in [-0.4, -0.2) is 11.8 Å². The first-order chi connectivity index (χ1) is 12.9. The van der Waals surface area contributed by atoms with E-state index in [0.29, 0.717) is 27.5 Å². The van der Waals surface area contributed by atoms with Crippen LogP contribution >= 0.6 is 11.6 Å². The van der Waals surface area contributed by atoms with Crippen LogP contribution in [0.5, 0.6) is 0 Å². The second kappa shape index (κ2) is 8.01. The summed E-state index contributed by atoms with van der Waals surface area (Å²) in [6.45, 7) is 1.82. The van der Waals surface area contributed by atoms with Gasteiger partial charge in [0.05, 0.1) is 0 Å². The van der Waals surface area contributed by atoms with Gasteiger partial charge in [-0.15, -0.1) is 0 Å². The summed E-state index contributed by atoms with van der Waals surface area (Å²) in [4.78, 5) is 24.6. The molecule has 0 aliphatic rings. The van der Waals surface area contributed by atoms with Crippen molar-refractivity contribution in [2.45, 2.75) is 6.92 Å². The maximum absolute atomic E-state index is 13.2. The first kappa shape index (κ1) is 18.6. The van der Waals surface area contributed by atoms with Gasteiger partial charge in [-0.1, -0.05) is 23.7 Å². The van der Waals surface area contributed by atoms with Crippen molar-refractivity contribution in [1.82, 2.24) is 0 Å². The number of hydrogen-bond acceptors (Lipinski definition) is 2. The van der Waals surface area contributed by atoms with Gasteiger partial charge in [-0.3, -0.25) is 9.59 Å². The number of carbonyl (C=O) groups is 2. The van der Waals surface area contributed by atoms with Crippen molar-refractivity contribution >= 4 is 34.8 Å². The van der Waals surface area contributed by atoms with Crippen molar-refractivity contribution in [3.05, 3.63) is 94.3 Å². The molecule has 3 aromatic carbocycles. The van der Waals surface area contributed by atoms with Crippen LogP contribution in [-0.2, 0) is 0 Å². The van der Waals surface area contributed by atoms with Crippen LogP contribution in [0.1, 0.15) is 26.3 Å². The molecule has 4 nitrogen and oxygen atoms in total. The molecule has 2 amide bonds. The lowest BCUT2D eigenvalue weighted by Gasteiger charge is -2.10. The van der Waals surface area contributed by atoms with Crippen molar-refractivity contribution in [2.24, 2.45) is 0 Å². The first-order valence-corrected chi connectivity index (χ1v) is 8.55. The summed E-state index contributed by atoms with van der Waals surface area (Å²) in [5.74, 6) is -1.13.